The standard InChI is InChI=1S/C25H26Cl2N4O4S2/c1-15(32)29-17-3-5-23(33)19(9-17)22-13-36-25(30-22)37-14-24(34)28-10-18-12-31(6-7-35-18)11-16-2-4-20(26)21(27)8-16/h2-5,8-9,13,18,33H,6-7,10-12,14H2,1H3,(H,28,34)(H,29,32). The molecule has 0 aliphatic carbocycles. The van der Waals surface area contributed by atoms with Gasteiger partial charge in [-0.05, 0) is 35.9 Å². The molecule has 3 N–H and O–H groups in total. The summed E-state index contributed by atoms with van der Waals surface area (Å²) in [7, 11) is 0. The zero-order valence-corrected chi connectivity index (χ0v) is 23.1. The van der Waals surface area contributed by atoms with E-state index in [0.717, 1.165) is 18.7 Å². The van der Waals surface area contributed by atoms with Gasteiger partial charge in [0.15, 0.2) is 4.34 Å². The zero-order valence-electron chi connectivity index (χ0n) is 20.0. The molecule has 2 amide bonds. The van der Waals surface area contributed by atoms with Crippen LogP contribution in [0.1, 0.15) is 12.5 Å². The van der Waals surface area contributed by atoms with Gasteiger partial charge in [-0.3, -0.25) is 14.5 Å². The number of ether oxygens (including phenoxy) is 1. The fourth-order valence-corrected chi connectivity index (χ4v) is 5.80. The van der Waals surface area contributed by atoms with Gasteiger partial charge in [0.1, 0.15) is 5.75 Å². The Morgan fingerprint density at radius 1 is 1.24 bits per heavy atom. The first kappa shape index (κ1) is 27.7. The molecule has 2 heterocycles. The van der Waals surface area contributed by atoms with E-state index in [1.54, 1.807) is 18.2 Å². The van der Waals surface area contributed by atoms with Crippen LogP contribution in [0.4, 0.5) is 5.69 Å². The van der Waals surface area contributed by atoms with E-state index < -0.39 is 0 Å². The monoisotopic (exact) mass is 580 g/mol. The van der Waals surface area contributed by atoms with E-state index in [-0.39, 0.29) is 29.4 Å². The lowest BCUT2D eigenvalue weighted by Gasteiger charge is -2.33. The van der Waals surface area contributed by atoms with Crippen LogP contribution in [0.3, 0.4) is 0 Å². The maximum atomic E-state index is 12.4. The summed E-state index contributed by atoms with van der Waals surface area (Å²) in [6, 6.07) is 10.4. The number of amides is 2. The van der Waals surface area contributed by atoms with Gasteiger partial charge in [-0.25, -0.2) is 4.98 Å². The highest BCUT2D eigenvalue weighted by atomic mass is 35.5. The molecule has 1 saturated heterocycles. The average molecular weight is 582 g/mol. The van der Waals surface area contributed by atoms with Crippen LogP contribution in [0.15, 0.2) is 46.1 Å². The highest BCUT2D eigenvalue weighted by Crippen LogP contribution is 2.34. The van der Waals surface area contributed by atoms with Crippen molar-refractivity contribution in [2.75, 3.05) is 37.3 Å². The van der Waals surface area contributed by atoms with Crippen LogP contribution < -0.4 is 10.6 Å². The Bertz CT molecular complexity index is 1270. The Labute approximate surface area is 233 Å². The van der Waals surface area contributed by atoms with E-state index in [2.05, 4.69) is 20.5 Å². The van der Waals surface area contributed by atoms with E-state index in [0.29, 0.717) is 51.0 Å². The molecule has 2 aromatic carbocycles. The third kappa shape index (κ3) is 8.07. The van der Waals surface area contributed by atoms with E-state index in [1.165, 1.54) is 36.1 Å². The molecule has 37 heavy (non-hydrogen) atoms. The van der Waals surface area contributed by atoms with Crippen LogP contribution in [0.25, 0.3) is 11.3 Å². The quantitative estimate of drug-likeness (QED) is 0.244. The highest BCUT2D eigenvalue weighted by Gasteiger charge is 2.21. The Morgan fingerprint density at radius 2 is 2.08 bits per heavy atom. The third-order valence-corrected chi connectivity index (χ3v) is 8.30. The second-order valence-electron chi connectivity index (χ2n) is 8.48. The minimum atomic E-state index is -0.199. The number of nitrogens with zero attached hydrogens (tertiary/aromatic N) is 2. The first-order valence-corrected chi connectivity index (χ1v) is 14.1. The Morgan fingerprint density at radius 3 is 2.86 bits per heavy atom. The second-order valence-corrected chi connectivity index (χ2v) is 11.4. The number of thiazole rings is 1. The minimum Gasteiger partial charge on any atom is -0.507 e. The van der Waals surface area contributed by atoms with Gasteiger partial charge in [-0.2, -0.15) is 0 Å². The first-order valence-electron chi connectivity index (χ1n) is 11.5. The molecule has 1 unspecified atom stereocenters. The molecular formula is C25H26Cl2N4O4S2. The van der Waals surface area contributed by atoms with E-state index in [9.17, 15) is 14.7 Å². The minimum absolute atomic E-state index is 0.0642. The molecule has 196 valence electrons. The van der Waals surface area contributed by atoms with E-state index >= 15 is 0 Å². The van der Waals surface area contributed by atoms with Crippen LogP contribution in [0.2, 0.25) is 10.0 Å². The summed E-state index contributed by atoms with van der Waals surface area (Å²) in [5, 5.41) is 18.7. The van der Waals surface area contributed by atoms with Gasteiger partial charge in [0.2, 0.25) is 11.8 Å². The number of morpholine rings is 1. The first-order chi connectivity index (χ1) is 17.8. The number of rotatable bonds is 9. The molecule has 12 heteroatoms. The molecule has 0 bridgehead atoms. The molecular weight excluding hydrogens is 555 g/mol. The van der Waals surface area contributed by atoms with Crippen molar-refractivity contribution in [2.45, 2.75) is 23.9 Å². The number of carbonyl (C=O) groups excluding carboxylic acids is 2. The molecule has 1 aliphatic heterocycles. The molecule has 0 spiro atoms. The number of thioether (sulfide) groups is 1. The van der Waals surface area contributed by atoms with Crippen molar-refractivity contribution in [3.8, 4) is 17.0 Å². The van der Waals surface area contributed by atoms with E-state index in [1.807, 2.05) is 17.5 Å². The predicted molar refractivity (Wildman–Crippen MR) is 149 cm³/mol. The number of anilines is 1. The number of aromatic hydroxyl groups is 1. The number of nitrogens with one attached hydrogen (secondary N) is 2. The Kier molecular flexibility index (Phi) is 9.69. The zero-order chi connectivity index (χ0) is 26.4. The fourth-order valence-electron chi connectivity index (χ4n) is 3.82. The maximum Gasteiger partial charge on any atom is 0.230 e. The molecule has 3 aromatic rings. The van der Waals surface area contributed by atoms with Gasteiger partial charge in [0.25, 0.3) is 0 Å². The summed E-state index contributed by atoms with van der Waals surface area (Å²) >= 11 is 14.8. The van der Waals surface area contributed by atoms with Crippen molar-refractivity contribution in [1.29, 1.82) is 0 Å². The van der Waals surface area contributed by atoms with Crippen LogP contribution in [-0.2, 0) is 20.9 Å². The molecule has 1 aromatic heterocycles. The lowest BCUT2D eigenvalue weighted by atomic mass is 10.1. The van der Waals surface area contributed by atoms with Gasteiger partial charge < -0.3 is 20.5 Å². The molecule has 1 fully saturated rings. The smallest absolute Gasteiger partial charge is 0.230 e. The summed E-state index contributed by atoms with van der Waals surface area (Å²) in [6.45, 7) is 4.67. The van der Waals surface area contributed by atoms with Crippen molar-refractivity contribution >= 4 is 63.8 Å². The topological polar surface area (TPSA) is 104 Å². The number of hydrogen-bond donors (Lipinski definition) is 3. The molecule has 1 aliphatic rings. The molecule has 8 nitrogen and oxygen atoms in total. The second kappa shape index (κ2) is 12.9. The van der Waals surface area contributed by atoms with Crippen molar-refractivity contribution in [3.05, 3.63) is 57.4 Å². The molecule has 4 rings (SSSR count). The van der Waals surface area contributed by atoms with Crippen molar-refractivity contribution in [1.82, 2.24) is 15.2 Å². The summed E-state index contributed by atoms with van der Waals surface area (Å²) in [5.41, 5.74) is 2.74. The number of aromatic nitrogens is 1. The predicted octanol–water partition coefficient (Wildman–Crippen LogP) is 4.89. The van der Waals surface area contributed by atoms with Gasteiger partial charge >= 0.3 is 0 Å². The largest absolute Gasteiger partial charge is 0.507 e. The number of hydrogen-bond acceptors (Lipinski definition) is 8. The molecule has 0 saturated carbocycles. The summed E-state index contributed by atoms with van der Waals surface area (Å²) in [4.78, 5) is 30.6. The van der Waals surface area contributed by atoms with Crippen LogP contribution in [-0.4, -0.2) is 64.9 Å². The van der Waals surface area contributed by atoms with Gasteiger partial charge in [0, 0.05) is 49.7 Å². The van der Waals surface area contributed by atoms with Crippen LogP contribution in [0, 0.1) is 0 Å². The van der Waals surface area contributed by atoms with Crippen LogP contribution in [0.5, 0.6) is 5.75 Å². The van der Waals surface area contributed by atoms with Crippen molar-refractivity contribution < 1.29 is 19.4 Å². The third-order valence-electron chi connectivity index (χ3n) is 5.54. The van der Waals surface area contributed by atoms with Crippen LogP contribution >= 0.6 is 46.3 Å². The number of phenolic OH excluding ortho intramolecular Hbond substituents is 1. The maximum absolute atomic E-state index is 12.4. The van der Waals surface area contributed by atoms with Crippen molar-refractivity contribution in [3.63, 3.8) is 0 Å². The number of halogens is 2. The normalized spacial score (nSPS) is 15.9. The average Bonchev–Trinajstić information content (AvgIpc) is 3.34. The lowest BCUT2D eigenvalue weighted by Crippen LogP contribution is -2.47. The summed E-state index contributed by atoms with van der Waals surface area (Å²) < 4.78 is 6.53. The molecule has 0 radical (unpaired) electrons. The fraction of sp³-hybridized carbons (Fsp3) is 0.320. The summed E-state index contributed by atoms with van der Waals surface area (Å²) in [5.74, 6) is -0.0308. The van der Waals surface area contributed by atoms with Gasteiger partial charge in [-0.1, -0.05) is 41.0 Å². The van der Waals surface area contributed by atoms with Gasteiger partial charge in [0.05, 0.1) is 34.2 Å². The SMILES string of the molecule is CC(=O)Nc1ccc(O)c(-c2csc(SCC(=O)NCC3CN(Cc4ccc(Cl)c(Cl)c4)CCO3)n2)c1. The lowest BCUT2D eigenvalue weighted by molar-refractivity contribution is -0.119. The number of carbonyl (C=O) groups is 2. The Balaban J connectivity index is 1.24. The van der Waals surface area contributed by atoms with E-state index in [4.69, 9.17) is 27.9 Å². The number of benzene rings is 2. The number of phenols is 1. The van der Waals surface area contributed by atoms with Gasteiger partial charge in [-0.15, -0.1) is 11.3 Å². The molecule has 1 atom stereocenters. The summed E-state index contributed by atoms with van der Waals surface area (Å²) in [6.07, 6.45) is -0.101. The highest BCUT2D eigenvalue weighted by molar-refractivity contribution is 8.01. The van der Waals surface area contributed by atoms with Crippen molar-refractivity contribution in [2.24, 2.45) is 0 Å². The Hall–Kier alpha value is -2.34.